The van der Waals surface area contributed by atoms with Crippen LogP contribution in [0.15, 0.2) is 83.8 Å². The molecule has 0 spiro atoms. The first-order chi connectivity index (χ1) is 14.7. The van der Waals surface area contributed by atoms with Crippen LogP contribution in [0.5, 0.6) is 0 Å². The standard InChI is InChI=1S/C25H23N3OS/c26-18-20-10-12-21(13-11-20)19-30-24-9-5-4-8-23(24)25(29)28-16-14-27(15-17-28)22-6-2-1-3-7-22/h1-13H,14-17,19H2. The van der Waals surface area contributed by atoms with Crippen LogP contribution in [0.2, 0.25) is 0 Å². The Morgan fingerprint density at radius 1 is 0.867 bits per heavy atom. The number of thioether (sulfide) groups is 1. The highest BCUT2D eigenvalue weighted by Crippen LogP contribution is 2.28. The molecule has 0 saturated carbocycles. The Kier molecular flexibility index (Phi) is 6.36. The number of para-hydroxylation sites is 1. The Bertz CT molecular complexity index is 1040. The van der Waals surface area contributed by atoms with Crippen LogP contribution in [-0.2, 0) is 5.75 Å². The van der Waals surface area contributed by atoms with Gasteiger partial charge in [-0.05, 0) is 42.0 Å². The maximum atomic E-state index is 13.2. The summed E-state index contributed by atoms with van der Waals surface area (Å²) in [5, 5.41) is 8.94. The number of carbonyl (C=O) groups excluding carboxylic acids is 1. The van der Waals surface area contributed by atoms with Crippen LogP contribution in [0.25, 0.3) is 0 Å². The van der Waals surface area contributed by atoms with Crippen molar-refractivity contribution < 1.29 is 4.79 Å². The molecule has 1 aliphatic rings. The van der Waals surface area contributed by atoms with Gasteiger partial charge < -0.3 is 9.80 Å². The Labute approximate surface area is 181 Å². The summed E-state index contributed by atoms with van der Waals surface area (Å²) in [7, 11) is 0. The van der Waals surface area contributed by atoms with E-state index in [1.54, 1.807) is 11.8 Å². The third-order valence-corrected chi connectivity index (χ3v) is 6.43. The van der Waals surface area contributed by atoms with Gasteiger partial charge in [0.1, 0.15) is 0 Å². The van der Waals surface area contributed by atoms with E-state index in [0.29, 0.717) is 5.56 Å². The number of piperazine rings is 1. The van der Waals surface area contributed by atoms with Gasteiger partial charge in [-0.25, -0.2) is 0 Å². The minimum Gasteiger partial charge on any atom is -0.368 e. The van der Waals surface area contributed by atoms with Gasteiger partial charge in [0, 0.05) is 42.5 Å². The van der Waals surface area contributed by atoms with E-state index in [0.717, 1.165) is 48.0 Å². The first-order valence-corrected chi connectivity index (χ1v) is 11.0. The average molecular weight is 414 g/mol. The van der Waals surface area contributed by atoms with Crippen LogP contribution in [0.3, 0.4) is 0 Å². The lowest BCUT2D eigenvalue weighted by atomic mass is 10.1. The fourth-order valence-electron chi connectivity index (χ4n) is 3.58. The quantitative estimate of drug-likeness (QED) is 0.563. The van der Waals surface area contributed by atoms with Crippen LogP contribution in [-0.4, -0.2) is 37.0 Å². The number of hydrogen-bond donors (Lipinski definition) is 0. The third kappa shape index (κ3) is 4.67. The van der Waals surface area contributed by atoms with Gasteiger partial charge in [-0.15, -0.1) is 11.8 Å². The Balaban J connectivity index is 1.40. The predicted octanol–water partition coefficient (Wildman–Crippen LogP) is 4.81. The number of amides is 1. The van der Waals surface area contributed by atoms with E-state index >= 15 is 0 Å². The van der Waals surface area contributed by atoms with Crippen molar-refractivity contribution in [1.82, 2.24) is 4.90 Å². The molecule has 30 heavy (non-hydrogen) atoms. The van der Waals surface area contributed by atoms with Crippen molar-refractivity contribution in [3.05, 3.63) is 95.6 Å². The number of anilines is 1. The van der Waals surface area contributed by atoms with Crippen molar-refractivity contribution in [2.24, 2.45) is 0 Å². The second-order valence-electron chi connectivity index (χ2n) is 7.21. The molecular formula is C25H23N3OS. The molecule has 3 aromatic carbocycles. The maximum absolute atomic E-state index is 13.2. The zero-order valence-corrected chi connectivity index (χ0v) is 17.5. The largest absolute Gasteiger partial charge is 0.368 e. The summed E-state index contributed by atoms with van der Waals surface area (Å²) in [4.78, 5) is 18.5. The summed E-state index contributed by atoms with van der Waals surface area (Å²) < 4.78 is 0. The molecule has 1 amide bonds. The summed E-state index contributed by atoms with van der Waals surface area (Å²) >= 11 is 1.66. The second-order valence-corrected chi connectivity index (χ2v) is 8.23. The van der Waals surface area contributed by atoms with E-state index in [1.807, 2.05) is 71.6 Å². The van der Waals surface area contributed by atoms with Crippen LogP contribution in [0.4, 0.5) is 5.69 Å². The molecule has 0 N–H and O–H groups in total. The fraction of sp³-hybridized carbons (Fsp3) is 0.200. The van der Waals surface area contributed by atoms with E-state index in [-0.39, 0.29) is 5.91 Å². The van der Waals surface area contributed by atoms with Crippen molar-refractivity contribution in [2.45, 2.75) is 10.6 Å². The molecule has 0 aromatic heterocycles. The molecule has 150 valence electrons. The van der Waals surface area contributed by atoms with Gasteiger partial charge in [0.2, 0.25) is 0 Å². The maximum Gasteiger partial charge on any atom is 0.255 e. The molecule has 4 rings (SSSR count). The molecule has 1 fully saturated rings. The smallest absolute Gasteiger partial charge is 0.255 e. The first kappa shape index (κ1) is 20.1. The highest BCUT2D eigenvalue weighted by molar-refractivity contribution is 7.98. The van der Waals surface area contributed by atoms with Gasteiger partial charge in [-0.2, -0.15) is 5.26 Å². The van der Waals surface area contributed by atoms with Crippen LogP contribution >= 0.6 is 11.8 Å². The summed E-state index contributed by atoms with van der Waals surface area (Å²) in [6, 6.07) is 28.0. The van der Waals surface area contributed by atoms with Gasteiger partial charge in [-0.3, -0.25) is 4.79 Å². The molecular weight excluding hydrogens is 390 g/mol. The SMILES string of the molecule is N#Cc1ccc(CSc2ccccc2C(=O)N2CCN(c3ccccc3)CC2)cc1. The van der Waals surface area contributed by atoms with E-state index < -0.39 is 0 Å². The monoisotopic (exact) mass is 413 g/mol. The minimum absolute atomic E-state index is 0.102. The van der Waals surface area contributed by atoms with Crippen molar-refractivity contribution in [3.8, 4) is 6.07 Å². The van der Waals surface area contributed by atoms with Crippen molar-refractivity contribution in [1.29, 1.82) is 5.26 Å². The normalized spacial score (nSPS) is 13.7. The number of rotatable bonds is 5. The summed E-state index contributed by atoms with van der Waals surface area (Å²) in [6.45, 7) is 3.14. The summed E-state index contributed by atoms with van der Waals surface area (Å²) in [5.74, 6) is 0.864. The molecule has 1 saturated heterocycles. The van der Waals surface area contributed by atoms with Crippen molar-refractivity contribution >= 4 is 23.4 Å². The molecule has 0 radical (unpaired) electrons. The highest BCUT2D eigenvalue weighted by atomic mass is 32.2. The lowest BCUT2D eigenvalue weighted by molar-refractivity contribution is 0.0743. The Morgan fingerprint density at radius 2 is 1.53 bits per heavy atom. The number of nitriles is 1. The van der Waals surface area contributed by atoms with E-state index in [9.17, 15) is 4.79 Å². The lowest BCUT2D eigenvalue weighted by Gasteiger charge is -2.36. The van der Waals surface area contributed by atoms with Crippen LogP contribution in [0, 0.1) is 11.3 Å². The number of benzene rings is 3. The Hall–Kier alpha value is -3.23. The molecule has 3 aromatic rings. The summed E-state index contributed by atoms with van der Waals surface area (Å²) in [6.07, 6.45) is 0. The van der Waals surface area contributed by atoms with Crippen molar-refractivity contribution in [3.63, 3.8) is 0 Å². The third-order valence-electron chi connectivity index (χ3n) is 5.28. The molecule has 0 unspecified atom stereocenters. The fourth-order valence-corrected chi connectivity index (χ4v) is 4.58. The Morgan fingerprint density at radius 3 is 2.23 bits per heavy atom. The number of nitrogens with zero attached hydrogens (tertiary/aromatic N) is 3. The van der Waals surface area contributed by atoms with Crippen LogP contribution in [0.1, 0.15) is 21.5 Å². The predicted molar refractivity (Wildman–Crippen MR) is 122 cm³/mol. The molecule has 0 atom stereocenters. The molecule has 5 heteroatoms. The van der Waals surface area contributed by atoms with E-state index in [4.69, 9.17) is 5.26 Å². The zero-order chi connectivity index (χ0) is 20.8. The first-order valence-electron chi connectivity index (χ1n) is 10.0. The average Bonchev–Trinajstić information content (AvgIpc) is 2.83. The van der Waals surface area contributed by atoms with Crippen molar-refractivity contribution in [2.75, 3.05) is 31.1 Å². The van der Waals surface area contributed by atoms with E-state index in [2.05, 4.69) is 23.1 Å². The number of carbonyl (C=O) groups is 1. The molecule has 1 heterocycles. The molecule has 1 aliphatic heterocycles. The number of hydrogen-bond acceptors (Lipinski definition) is 4. The summed E-state index contributed by atoms with van der Waals surface area (Å²) in [5.41, 5.74) is 3.78. The molecule has 0 bridgehead atoms. The zero-order valence-electron chi connectivity index (χ0n) is 16.7. The van der Waals surface area contributed by atoms with Crippen LogP contribution < -0.4 is 4.90 Å². The second kappa shape index (κ2) is 9.51. The van der Waals surface area contributed by atoms with Gasteiger partial charge in [0.25, 0.3) is 5.91 Å². The lowest BCUT2D eigenvalue weighted by Crippen LogP contribution is -2.48. The topological polar surface area (TPSA) is 47.3 Å². The van der Waals surface area contributed by atoms with Gasteiger partial charge in [-0.1, -0.05) is 42.5 Å². The molecule has 0 aliphatic carbocycles. The minimum atomic E-state index is 0.102. The van der Waals surface area contributed by atoms with E-state index in [1.165, 1.54) is 5.69 Å². The van der Waals surface area contributed by atoms with Gasteiger partial charge in [0.05, 0.1) is 17.2 Å². The molecule has 4 nitrogen and oxygen atoms in total. The highest BCUT2D eigenvalue weighted by Gasteiger charge is 2.23. The van der Waals surface area contributed by atoms with Gasteiger partial charge in [0.15, 0.2) is 0 Å². The van der Waals surface area contributed by atoms with Gasteiger partial charge >= 0.3 is 0 Å².